The minimum atomic E-state index is -4.44. The average Bonchev–Trinajstić information content (AvgIpc) is 3.70. The van der Waals surface area contributed by atoms with Crippen LogP contribution in [0.4, 0.5) is 5.82 Å². The largest absolute Gasteiger partial charge is 0.461 e. The van der Waals surface area contributed by atoms with Crippen molar-refractivity contribution in [3.63, 3.8) is 0 Å². The van der Waals surface area contributed by atoms with Gasteiger partial charge < -0.3 is 33.1 Å². The fourth-order valence-corrected chi connectivity index (χ4v) is 7.52. The summed E-state index contributed by atoms with van der Waals surface area (Å²) in [5.41, 5.74) is -2.65. The van der Waals surface area contributed by atoms with Crippen LogP contribution in [-0.4, -0.2) is 108 Å². The number of fused-ring (bicyclic) bond motifs is 1. The Bertz CT molecular complexity index is 1880. The van der Waals surface area contributed by atoms with Crippen LogP contribution in [0, 0.1) is 11.8 Å². The van der Waals surface area contributed by atoms with Crippen molar-refractivity contribution < 1.29 is 51.7 Å². The number of aliphatic imine (C=N–C) groups is 1. The lowest BCUT2D eigenvalue weighted by molar-refractivity contribution is -0.193. The molecule has 17 nitrogen and oxygen atoms in total. The number of ether oxygens (including phenoxy) is 5. The summed E-state index contributed by atoms with van der Waals surface area (Å²) in [5.74, 6) is -2.55. The molecule has 0 saturated carbocycles. The molecular weight excluding hydrogens is 735 g/mol. The van der Waals surface area contributed by atoms with Crippen LogP contribution in [-0.2, 0) is 52.8 Å². The molecule has 5 atom stereocenters. The second-order valence-electron chi connectivity index (χ2n) is 14.6. The van der Waals surface area contributed by atoms with Crippen LogP contribution in [0.1, 0.15) is 60.1 Å². The van der Waals surface area contributed by atoms with Crippen LogP contribution in [0.5, 0.6) is 5.75 Å². The van der Waals surface area contributed by atoms with E-state index in [4.69, 9.17) is 32.7 Å². The van der Waals surface area contributed by atoms with Crippen LogP contribution < -0.4 is 9.61 Å². The predicted molar refractivity (Wildman–Crippen MR) is 200 cm³/mol. The Labute approximate surface area is 320 Å². The second kappa shape index (κ2) is 17.6. The molecule has 300 valence electrons. The number of para-hydroxylation sites is 1. The molecule has 0 aliphatic carbocycles. The zero-order valence-corrected chi connectivity index (χ0v) is 33.4. The van der Waals surface area contributed by atoms with Crippen LogP contribution in [0.2, 0.25) is 0 Å². The molecule has 0 unspecified atom stereocenters. The number of carbonyl (C=O) groups excluding carboxylic acids is 3. The van der Waals surface area contributed by atoms with E-state index in [1.807, 2.05) is 14.1 Å². The van der Waals surface area contributed by atoms with Gasteiger partial charge in [0.05, 0.1) is 50.3 Å². The first kappa shape index (κ1) is 41.7. The van der Waals surface area contributed by atoms with Gasteiger partial charge in [-0.25, -0.2) is 19.1 Å². The van der Waals surface area contributed by atoms with Crippen molar-refractivity contribution >= 4 is 43.3 Å². The third kappa shape index (κ3) is 9.89. The zero-order valence-electron chi connectivity index (χ0n) is 32.5. The van der Waals surface area contributed by atoms with E-state index in [1.54, 1.807) is 88.3 Å². The summed E-state index contributed by atoms with van der Waals surface area (Å²) in [7, 11) is -0.802. The zero-order chi connectivity index (χ0) is 40.0. The van der Waals surface area contributed by atoms with E-state index >= 15 is 0 Å². The molecule has 2 aliphatic rings. The number of rotatable bonds is 16. The Hall–Kier alpha value is -4.41. The summed E-state index contributed by atoms with van der Waals surface area (Å²) in [5, 5.41) is 7.18. The van der Waals surface area contributed by atoms with Gasteiger partial charge >= 0.3 is 25.7 Å². The third-order valence-electron chi connectivity index (χ3n) is 8.98. The van der Waals surface area contributed by atoms with Gasteiger partial charge in [-0.05, 0) is 38.1 Å². The molecule has 2 aliphatic heterocycles. The van der Waals surface area contributed by atoms with Crippen LogP contribution in [0.25, 0.3) is 5.52 Å². The molecule has 0 bridgehead atoms. The number of hydrogen-bond acceptors (Lipinski definition) is 14. The lowest BCUT2D eigenvalue weighted by Gasteiger charge is -2.38. The van der Waals surface area contributed by atoms with Gasteiger partial charge in [0.1, 0.15) is 35.3 Å². The van der Waals surface area contributed by atoms with Gasteiger partial charge in [0, 0.05) is 26.9 Å². The fourth-order valence-electron chi connectivity index (χ4n) is 5.93. The molecule has 1 aromatic carbocycles. The third-order valence-corrected chi connectivity index (χ3v) is 10.6. The molecular formula is C37H51N6O11P. The SMILES string of the molecule is CC(C)C(=O)O[C@@H]1[C@@](C)(CO[P@@](=O)(N[C@@H](C)C(=O)OC2CCOCC2)Oc2ccccc2)OC[C@]1(OC(=O)C(C)C)c1ccc2c(N=CN(C)C)ncnn12. The highest BCUT2D eigenvalue weighted by Crippen LogP contribution is 2.51. The van der Waals surface area contributed by atoms with Crippen molar-refractivity contribution in [1.82, 2.24) is 24.6 Å². The summed E-state index contributed by atoms with van der Waals surface area (Å²) in [6, 6.07) is 10.5. The first-order valence-corrected chi connectivity index (χ1v) is 19.8. The summed E-state index contributed by atoms with van der Waals surface area (Å²) in [6.07, 6.45) is 2.23. The molecule has 0 amide bonds. The maximum absolute atomic E-state index is 14.6. The van der Waals surface area contributed by atoms with Crippen molar-refractivity contribution in [1.29, 1.82) is 0 Å². The second-order valence-corrected chi connectivity index (χ2v) is 16.3. The van der Waals surface area contributed by atoms with Gasteiger partial charge in [0.15, 0.2) is 11.9 Å². The number of hydrogen-bond donors (Lipinski definition) is 1. The van der Waals surface area contributed by atoms with E-state index in [2.05, 4.69) is 20.2 Å². The van der Waals surface area contributed by atoms with Gasteiger partial charge in [0.25, 0.3) is 0 Å². The lowest BCUT2D eigenvalue weighted by Crippen LogP contribution is -2.55. The average molecular weight is 787 g/mol. The molecule has 2 fully saturated rings. The van der Waals surface area contributed by atoms with Crippen molar-refractivity contribution in [2.75, 3.05) is 40.5 Å². The van der Waals surface area contributed by atoms with Crippen LogP contribution in [0.3, 0.4) is 0 Å². The Morgan fingerprint density at radius 1 is 1.02 bits per heavy atom. The monoisotopic (exact) mass is 786 g/mol. The molecule has 4 heterocycles. The minimum absolute atomic E-state index is 0.191. The number of nitrogens with one attached hydrogen (secondary N) is 1. The molecule has 3 aromatic rings. The van der Waals surface area contributed by atoms with E-state index in [-0.39, 0.29) is 18.5 Å². The van der Waals surface area contributed by atoms with Gasteiger partial charge in [-0.15, -0.1) is 0 Å². The van der Waals surface area contributed by atoms with E-state index in [1.165, 1.54) is 17.8 Å². The Kier molecular flexibility index (Phi) is 13.3. The van der Waals surface area contributed by atoms with Crippen molar-refractivity contribution in [2.24, 2.45) is 16.8 Å². The van der Waals surface area contributed by atoms with E-state index in [0.717, 1.165) is 0 Å². The smallest absolute Gasteiger partial charge is 0.459 e. The van der Waals surface area contributed by atoms with Gasteiger partial charge in [-0.3, -0.25) is 18.9 Å². The fraction of sp³-hybridized carbons (Fsp3) is 0.568. The highest BCUT2D eigenvalue weighted by Gasteiger charge is 2.64. The number of aromatic nitrogens is 3. The van der Waals surface area contributed by atoms with Gasteiger partial charge in [-0.2, -0.15) is 10.2 Å². The van der Waals surface area contributed by atoms with Crippen LogP contribution in [0.15, 0.2) is 53.8 Å². The maximum Gasteiger partial charge on any atom is 0.459 e. The molecule has 2 aromatic heterocycles. The molecule has 5 rings (SSSR count). The highest BCUT2D eigenvalue weighted by atomic mass is 31.2. The van der Waals surface area contributed by atoms with Gasteiger partial charge in [0.2, 0.25) is 5.60 Å². The quantitative estimate of drug-likeness (QED) is 0.0696. The summed E-state index contributed by atoms with van der Waals surface area (Å²) >= 11 is 0. The molecule has 2 saturated heterocycles. The molecule has 55 heavy (non-hydrogen) atoms. The Balaban J connectivity index is 1.54. The minimum Gasteiger partial charge on any atom is -0.461 e. The number of carbonyl (C=O) groups is 3. The highest BCUT2D eigenvalue weighted by molar-refractivity contribution is 7.52. The lowest BCUT2D eigenvalue weighted by atomic mass is 9.85. The number of nitrogens with zero attached hydrogens (tertiary/aromatic N) is 5. The topological polar surface area (TPSA) is 191 Å². The molecule has 0 radical (unpaired) electrons. The first-order valence-electron chi connectivity index (χ1n) is 18.2. The van der Waals surface area contributed by atoms with Crippen molar-refractivity contribution in [3.05, 3.63) is 54.5 Å². The van der Waals surface area contributed by atoms with Crippen LogP contribution >= 0.6 is 7.75 Å². The summed E-state index contributed by atoms with van der Waals surface area (Å²) in [4.78, 5) is 50.7. The summed E-state index contributed by atoms with van der Waals surface area (Å²) in [6.45, 7) is 9.82. The maximum atomic E-state index is 14.6. The van der Waals surface area contributed by atoms with E-state index < -0.39 is 67.4 Å². The van der Waals surface area contributed by atoms with E-state index in [0.29, 0.717) is 43.1 Å². The molecule has 0 spiro atoms. The molecule has 18 heteroatoms. The van der Waals surface area contributed by atoms with Crippen molar-refractivity contribution in [2.45, 2.75) is 83.8 Å². The standard InChI is InChI=1S/C37H51N6O11P/c1-24(2)32(44)52-35-36(6,20-50-55(47,54-28-12-10-9-11-13-28)41-26(5)34(46)51-27-16-18-48-19-17-27)49-21-37(35,53-33(45)25(3)4)30-15-14-29-31(39-23-42(7)8)38-22-40-43(29)30/h9-15,22-27,35H,16-21H2,1-8H3,(H,41,47)/t26-,35+,36+,37-,55-/m0/s1. The molecule has 1 N–H and O–H groups in total. The normalized spacial score (nSPS) is 23.5. The van der Waals surface area contributed by atoms with Crippen molar-refractivity contribution in [3.8, 4) is 5.75 Å². The Morgan fingerprint density at radius 3 is 2.36 bits per heavy atom. The predicted octanol–water partition coefficient (Wildman–Crippen LogP) is 4.61. The van der Waals surface area contributed by atoms with Gasteiger partial charge in [-0.1, -0.05) is 45.9 Å². The summed E-state index contributed by atoms with van der Waals surface area (Å²) < 4.78 is 58.1. The number of benzene rings is 1. The first-order chi connectivity index (χ1) is 26.1. The Morgan fingerprint density at radius 2 is 1.71 bits per heavy atom. The number of esters is 3. The van der Waals surface area contributed by atoms with E-state index in [9.17, 15) is 18.9 Å².